The number of hydrogen-bond acceptors (Lipinski definition) is 8. The molecule has 9 nitrogen and oxygen atoms in total. The van der Waals surface area contributed by atoms with Crippen LogP contribution in [0.2, 0.25) is 0 Å². The lowest BCUT2D eigenvalue weighted by Gasteiger charge is -2.29. The fourth-order valence-electron chi connectivity index (χ4n) is 4.11. The third-order valence-corrected chi connectivity index (χ3v) is 6.04. The molecule has 2 aromatic heterocycles. The minimum Gasteiger partial charge on any atom is -0.490 e. The van der Waals surface area contributed by atoms with Crippen LogP contribution >= 0.6 is 0 Å². The molecule has 1 fully saturated rings. The Morgan fingerprint density at radius 1 is 1.06 bits per heavy atom. The number of piperidine rings is 1. The van der Waals surface area contributed by atoms with Crippen LogP contribution in [-0.4, -0.2) is 50.7 Å². The largest absolute Gasteiger partial charge is 0.490 e. The van der Waals surface area contributed by atoms with E-state index in [2.05, 4.69) is 32.2 Å². The maximum absolute atomic E-state index is 12.6. The summed E-state index contributed by atoms with van der Waals surface area (Å²) >= 11 is 0. The Bertz CT molecular complexity index is 1380. The van der Waals surface area contributed by atoms with Gasteiger partial charge in [0.25, 0.3) is 5.56 Å². The Balaban J connectivity index is 1.40. The van der Waals surface area contributed by atoms with Gasteiger partial charge in [0.1, 0.15) is 17.4 Å². The highest BCUT2D eigenvalue weighted by atomic mass is 16.5. The highest BCUT2D eigenvalue weighted by molar-refractivity contribution is 5.73. The average Bonchev–Trinajstić information content (AvgIpc) is 2.83. The molecular formula is C25H27N7O2. The van der Waals surface area contributed by atoms with Gasteiger partial charge in [0, 0.05) is 24.5 Å². The lowest BCUT2D eigenvalue weighted by atomic mass is 10.1. The zero-order valence-electron chi connectivity index (χ0n) is 19.2. The predicted molar refractivity (Wildman–Crippen MR) is 133 cm³/mol. The molecule has 0 spiro atoms. The first-order valence-corrected chi connectivity index (χ1v) is 11.3. The number of nitrogens with one attached hydrogen (secondary N) is 1. The number of fused-ring (bicyclic) bond motifs is 1. The minimum atomic E-state index is -0.284. The molecule has 174 valence electrons. The molecule has 0 bridgehead atoms. The first-order valence-electron chi connectivity index (χ1n) is 11.3. The highest BCUT2D eigenvalue weighted by Gasteiger charge is 2.19. The summed E-state index contributed by atoms with van der Waals surface area (Å²) in [5, 5.41) is 3.23. The zero-order valence-corrected chi connectivity index (χ0v) is 19.2. The van der Waals surface area contributed by atoms with Crippen LogP contribution < -0.4 is 21.3 Å². The lowest BCUT2D eigenvalue weighted by molar-refractivity contribution is 0.113. The maximum atomic E-state index is 12.6. The molecule has 3 heterocycles. The second-order valence-corrected chi connectivity index (χ2v) is 8.65. The number of aromatic nitrogens is 4. The molecule has 1 aliphatic heterocycles. The molecule has 1 aliphatic rings. The molecule has 0 unspecified atom stereocenters. The van der Waals surface area contributed by atoms with E-state index < -0.39 is 0 Å². The van der Waals surface area contributed by atoms with Gasteiger partial charge in [-0.3, -0.25) is 9.36 Å². The van der Waals surface area contributed by atoms with E-state index in [0.29, 0.717) is 28.5 Å². The van der Waals surface area contributed by atoms with E-state index in [-0.39, 0.29) is 11.7 Å². The van der Waals surface area contributed by atoms with Crippen molar-refractivity contribution in [1.82, 2.24) is 24.4 Å². The molecule has 0 amide bonds. The SMILES string of the molecule is Cc1cc(Nc2ncc3ncc(=O)n(-c4ccc(N)cc4)c3n2)ccc1OC1CCN(C)CC1. The molecular weight excluding hydrogens is 430 g/mol. The molecule has 34 heavy (non-hydrogen) atoms. The van der Waals surface area contributed by atoms with Gasteiger partial charge < -0.3 is 20.7 Å². The molecule has 0 saturated carbocycles. The second kappa shape index (κ2) is 9.11. The van der Waals surface area contributed by atoms with Crippen LogP contribution in [0.25, 0.3) is 16.9 Å². The smallest absolute Gasteiger partial charge is 0.275 e. The number of nitrogens with zero attached hydrogens (tertiary/aromatic N) is 5. The average molecular weight is 458 g/mol. The van der Waals surface area contributed by atoms with E-state index in [1.165, 1.54) is 10.8 Å². The molecule has 4 aromatic rings. The van der Waals surface area contributed by atoms with Gasteiger partial charge in [0.15, 0.2) is 5.65 Å². The van der Waals surface area contributed by atoms with Crippen molar-refractivity contribution in [2.75, 3.05) is 31.2 Å². The van der Waals surface area contributed by atoms with Gasteiger partial charge >= 0.3 is 0 Å². The van der Waals surface area contributed by atoms with E-state index in [9.17, 15) is 4.79 Å². The summed E-state index contributed by atoms with van der Waals surface area (Å²) in [6.07, 6.45) is 5.18. The van der Waals surface area contributed by atoms with Gasteiger partial charge in [0.05, 0.1) is 18.1 Å². The molecule has 2 aromatic carbocycles. The molecule has 3 N–H and O–H groups in total. The van der Waals surface area contributed by atoms with Gasteiger partial charge in [-0.05, 0) is 74.8 Å². The monoisotopic (exact) mass is 457 g/mol. The van der Waals surface area contributed by atoms with Gasteiger partial charge in [0.2, 0.25) is 5.95 Å². The van der Waals surface area contributed by atoms with E-state index in [1.54, 1.807) is 30.5 Å². The van der Waals surface area contributed by atoms with Crippen LogP contribution in [0.1, 0.15) is 18.4 Å². The Morgan fingerprint density at radius 2 is 1.82 bits per heavy atom. The van der Waals surface area contributed by atoms with Crippen molar-refractivity contribution < 1.29 is 4.74 Å². The number of rotatable bonds is 5. The van der Waals surface area contributed by atoms with E-state index in [1.807, 2.05) is 25.1 Å². The topological polar surface area (TPSA) is 111 Å². The lowest BCUT2D eigenvalue weighted by Crippen LogP contribution is -2.35. The van der Waals surface area contributed by atoms with Crippen molar-refractivity contribution in [3.8, 4) is 11.4 Å². The van der Waals surface area contributed by atoms with E-state index in [0.717, 1.165) is 42.9 Å². The highest BCUT2D eigenvalue weighted by Crippen LogP contribution is 2.27. The standard InChI is InChI=1S/C25H27N7O2/c1-16-13-18(5-8-22(16)34-20-9-11-31(2)12-10-20)29-25-28-14-21-24(30-25)32(23(33)15-27-21)19-6-3-17(26)4-7-19/h3-8,13-15,20H,9-12,26H2,1-2H3,(H,28,29,30). The number of ether oxygens (including phenoxy) is 1. The molecule has 0 atom stereocenters. The number of benzene rings is 2. The number of aryl methyl sites for hydroxylation is 1. The summed E-state index contributed by atoms with van der Waals surface area (Å²) < 4.78 is 7.74. The van der Waals surface area contributed by atoms with Gasteiger partial charge in [-0.1, -0.05) is 0 Å². The quantitative estimate of drug-likeness (QED) is 0.439. The molecule has 5 rings (SSSR count). The Hall–Kier alpha value is -3.98. The molecule has 0 radical (unpaired) electrons. The third kappa shape index (κ3) is 4.55. The van der Waals surface area contributed by atoms with Crippen molar-refractivity contribution in [2.24, 2.45) is 0 Å². The van der Waals surface area contributed by atoms with Crippen LogP contribution in [0.15, 0.2) is 59.7 Å². The zero-order chi connectivity index (χ0) is 23.7. The molecule has 0 aliphatic carbocycles. The normalized spacial score (nSPS) is 14.9. The van der Waals surface area contributed by atoms with Crippen molar-refractivity contribution in [3.05, 3.63) is 70.8 Å². The van der Waals surface area contributed by atoms with Crippen molar-refractivity contribution >= 4 is 28.5 Å². The van der Waals surface area contributed by atoms with Gasteiger partial charge in [-0.2, -0.15) is 4.98 Å². The first-order chi connectivity index (χ1) is 16.5. The minimum absolute atomic E-state index is 0.245. The summed E-state index contributed by atoms with van der Waals surface area (Å²) in [5.41, 5.74) is 9.58. The third-order valence-electron chi connectivity index (χ3n) is 6.04. The summed E-state index contributed by atoms with van der Waals surface area (Å²) in [7, 11) is 2.14. The number of hydrogen-bond donors (Lipinski definition) is 2. The van der Waals surface area contributed by atoms with Crippen LogP contribution in [-0.2, 0) is 0 Å². The predicted octanol–water partition coefficient (Wildman–Crippen LogP) is 3.28. The Labute approximate surface area is 197 Å². The van der Waals surface area contributed by atoms with Gasteiger partial charge in [-0.15, -0.1) is 0 Å². The van der Waals surface area contributed by atoms with E-state index in [4.69, 9.17) is 10.5 Å². The van der Waals surface area contributed by atoms with Crippen LogP contribution in [0, 0.1) is 6.92 Å². The fourth-order valence-corrected chi connectivity index (χ4v) is 4.11. The maximum Gasteiger partial charge on any atom is 0.275 e. The van der Waals surface area contributed by atoms with Crippen LogP contribution in [0.4, 0.5) is 17.3 Å². The van der Waals surface area contributed by atoms with Crippen molar-refractivity contribution in [2.45, 2.75) is 25.9 Å². The van der Waals surface area contributed by atoms with Crippen LogP contribution in [0.5, 0.6) is 5.75 Å². The number of likely N-dealkylation sites (tertiary alicyclic amines) is 1. The summed E-state index contributed by atoms with van der Waals surface area (Å²) in [5.74, 6) is 1.26. The Morgan fingerprint density at radius 3 is 2.56 bits per heavy atom. The van der Waals surface area contributed by atoms with Crippen LogP contribution in [0.3, 0.4) is 0 Å². The molecule has 9 heteroatoms. The molecule has 1 saturated heterocycles. The number of nitrogen functional groups attached to an aromatic ring is 1. The summed E-state index contributed by atoms with van der Waals surface area (Å²) in [4.78, 5) is 28.1. The van der Waals surface area contributed by atoms with E-state index >= 15 is 0 Å². The number of nitrogens with two attached hydrogens (primary N) is 1. The Kier molecular flexibility index (Phi) is 5.85. The van der Waals surface area contributed by atoms with Gasteiger partial charge in [-0.25, -0.2) is 9.97 Å². The van der Waals surface area contributed by atoms with Crippen molar-refractivity contribution in [3.63, 3.8) is 0 Å². The fraction of sp³-hybridized carbons (Fsp3) is 0.280. The number of anilines is 3. The second-order valence-electron chi connectivity index (χ2n) is 8.65. The first kappa shape index (κ1) is 21.8. The summed E-state index contributed by atoms with van der Waals surface area (Å²) in [6, 6.07) is 13.0. The van der Waals surface area contributed by atoms with Crippen molar-refractivity contribution in [1.29, 1.82) is 0 Å². The summed E-state index contributed by atoms with van der Waals surface area (Å²) in [6.45, 7) is 4.14.